The molecule has 8 nitrogen and oxygen atoms in total. The van der Waals surface area contributed by atoms with Crippen molar-refractivity contribution < 1.29 is 29.3 Å². The van der Waals surface area contributed by atoms with Crippen LogP contribution in [0.5, 0.6) is 0 Å². The molecule has 8 heteroatoms. The number of nitrogens with one attached hydrogen (secondary N) is 2. The van der Waals surface area contributed by atoms with Crippen molar-refractivity contribution in [1.82, 2.24) is 10.6 Å². The zero-order valence-corrected chi connectivity index (χ0v) is 19.0. The first kappa shape index (κ1) is 24.3. The molecule has 2 atom stereocenters. The quantitative estimate of drug-likeness (QED) is 0.486. The zero-order valence-electron chi connectivity index (χ0n) is 19.0. The number of hydrogen-bond acceptors (Lipinski definition) is 5. The monoisotopic (exact) mass is 454 g/mol. The van der Waals surface area contributed by atoms with Crippen LogP contribution in [0.2, 0.25) is 0 Å². The van der Waals surface area contributed by atoms with Crippen molar-refractivity contribution in [2.45, 2.75) is 45.3 Å². The smallest absolute Gasteiger partial charge is 0.407 e. The average Bonchev–Trinajstić information content (AvgIpc) is 3.08. The maximum Gasteiger partial charge on any atom is 0.407 e. The lowest BCUT2D eigenvalue weighted by Gasteiger charge is -2.30. The minimum absolute atomic E-state index is 0.0365. The van der Waals surface area contributed by atoms with E-state index in [9.17, 15) is 19.5 Å². The largest absolute Gasteiger partial charge is 0.479 e. The third-order valence-electron chi connectivity index (χ3n) is 5.74. The molecule has 0 aromatic heterocycles. The number of carboxylic acid groups (broad SMARTS) is 1. The van der Waals surface area contributed by atoms with E-state index in [4.69, 9.17) is 9.84 Å². The molecule has 1 aliphatic carbocycles. The van der Waals surface area contributed by atoms with Crippen LogP contribution in [0.4, 0.5) is 4.79 Å². The number of aliphatic carboxylic acids is 1. The molecule has 0 aliphatic heterocycles. The molecule has 0 spiro atoms. The summed E-state index contributed by atoms with van der Waals surface area (Å²) in [5.74, 6) is -1.93. The maximum atomic E-state index is 12.7. The van der Waals surface area contributed by atoms with Crippen molar-refractivity contribution in [3.8, 4) is 11.1 Å². The molecule has 0 saturated heterocycles. The second-order valence-electron chi connectivity index (χ2n) is 9.20. The van der Waals surface area contributed by atoms with Crippen LogP contribution >= 0.6 is 0 Å². The lowest BCUT2D eigenvalue weighted by Crippen LogP contribution is -2.54. The number of fused-ring (bicyclic) bond motifs is 3. The summed E-state index contributed by atoms with van der Waals surface area (Å²) < 4.78 is 5.54. The Hall–Kier alpha value is -3.39. The molecule has 176 valence electrons. The van der Waals surface area contributed by atoms with Gasteiger partial charge >= 0.3 is 12.1 Å². The Balaban J connectivity index is 1.62. The van der Waals surface area contributed by atoms with Gasteiger partial charge in [0.2, 0.25) is 5.91 Å². The van der Waals surface area contributed by atoms with E-state index in [1.165, 1.54) is 0 Å². The van der Waals surface area contributed by atoms with Gasteiger partial charge in [0.25, 0.3) is 0 Å². The molecule has 0 radical (unpaired) electrons. The van der Waals surface area contributed by atoms with Crippen molar-refractivity contribution in [3.05, 3.63) is 59.7 Å². The second-order valence-corrected chi connectivity index (χ2v) is 9.20. The van der Waals surface area contributed by atoms with E-state index in [2.05, 4.69) is 22.8 Å². The number of amides is 2. The van der Waals surface area contributed by atoms with Gasteiger partial charge in [-0.2, -0.15) is 0 Å². The Morgan fingerprint density at radius 1 is 1.00 bits per heavy atom. The number of carboxylic acids is 1. The van der Waals surface area contributed by atoms with Gasteiger partial charge in [0.05, 0.1) is 0 Å². The molecule has 0 bridgehead atoms. The van der Waals surface area contributed by atoms with Crippen molar-refractivity contribution in [2.24, 2.45) is 5.41 Å². The summed E-state index contributed by atoms with van der Waals surface area (Å²) in [4.78, 5) is 36.0. The summed E-state index contributed by atoms with van der Waals surface area (Å²) in [7, 11) is 0. The summed E-state index contributed by atoms with van der Waals surface area (Å²) in [5.41, 5.74) is 3.80. The highest BCUT2D eigenvalue weighted by molar-refractivity contribution is 5.86. The first-order chi connectivity index (χ1) is 15.6. The average molecular weight is 455 g/mol. The SMILES string of the molecule is CC(C)(C)[C@@H](NC(=O)OCC1c2ccccc2-c2ccccc21)C(=O)NCCC(O)C(=O)O. The van der Waals surface area contributed by atoms with Gasteiger partial charge in [-0.15, -0.1) is 0 Å². The Morgan fingerprint density at radius 2 is 1.55 bits per heavy atom. The van der Waals surface area contributed by atoms with E-state index in [0.717, 1.165) is 22.3 Å². The van der Waals surface area contributed by atoms with Gasteiger partial charge in [0.15, 0.2) is 6.10 Å². The van der Waals surface area contributed by atoms with E-state index in [-0.39, 0.29) is 25.5 Å². The van der Waals surface area contributed by atoms with E-state index < -0.39 is 35.5 Å². The Kier molecular flexibility index (Phi) is 7.38. The van der Waals surface area contributed by atoms with Gasteiger partial charge in [-0.05, 0) is 27.7 Å². The van der Waals surface area contributed by atoms with Crippen molar-refractivity contribution in [3.63, 3.8) is 0 Å². The lowest BCUT2D eigenvalue weighted by atomic mass is 9.86. The van der Waals surface area contributed by atoms with Crippen LogP contribution < -0.4 is 10.6 Å². The molecule has 2 amide bonds. The van der Waals surface area contributed by atoms with E-state index >= 15 is 0 Å². The fraction of sp³-hybridized carbons (Fsp3) is 0.400. The normalized spacial score (nSPS) is 14.5. The first-order valence-electron chi connectivity index (χ1n) is 10.9. The molecular formula is C25H30N2O6. The Bertz CT molecular complexity index is 984. The van der Waals surface area contributed by atoms with Crippen LogP contribution in [0.15, 0.2) is 48.5 Å². The van der Waals surface area contributed by atoms with Crippen molar-refractivity contribution >= 4 is 18.0 Å². The lowest BCUT2D eigenvalue weighted by molar-refractivity contribution is -0.147. The molecule has 0 heterocycles. The number of carbonyl (C=O) groups excluding carboxylic acids is 2. The van der Waals surface area contributed by atoms with Gasteiger partial charge in [0.1, 0.15) is 12.6 Å². The summed E-state index contributed by atoms with van der Waals surface area (Å²) in [6.07, 6.45) is -2.41. The molecule has 2 aromatic rings. The summed E-state index contributed by atoms with van der Waals surface area (Å²) >= 11 is 0. The predicted molar refractivity (Wildman–Crippen MR) is 123 cm³/mol. The summed E-state index contributed by atoms with van der Waals surface area (Å²) in [6.45, 7) is 5.49. The predicted octanol–water partition coefficient (Wildman–Crippen LogP) is 2.89. The Morgan fingerprint density at radius 3 is 2.06 bits per heavy atom. The fourth-order valence-electron chi connectivity index (χ4n) is 3.99. The maximum absolute atomic E-state index is 12.7. The van der Waals surface area contributed by atoms with Gasteiger partial charge in [-0.3, -0.25) is 4.79 Å². The minimum Gasteiger partial charge on any atom is -0.479 e. The third kappa shape index (κ3) is 5.70. The van der Waals surface area contributed by atoms with Crippen LogP contribution in [0.3, 0.4) is 0 Å². The topological polar surface area (TPSA) is 125 Å². The number of carbonyl (C=O) groups is 3. The second kappa shape index (κ2) is 10.0. The Labute approximate surface area is 193 Å². The zero-order chi connectivity index (χ0) is 24.2. The molecule has 4 N–H and O–H groups in total. The van der Waals surface area contributed by atoms with E-state index in [0.29, 0.717) is 0 Å². The molecular weight excluding hydrogens is 424 g/mol. The summed E-state index contributed by atoms with van der Waals surface area (Å²) in [6, 6.07) is 15.1. The van der Waals surface area contributed by atoms with Crippen LogP contribution in [-0.2, 0) is 14.3 Å². The number of hydrogen-bond donors (Lipinski definition) is 4. The fourth-order valence-corrected chi connectivity index (χ4v) is 3.99. The van der Waals surface area contributed by atoms with Crippen molar-refractivity contribution in [1.29, 1.82) is 0 Å². The first-order valence-corrected chi connectivity index (χ1v) is 10.9. The summed E-state index contributed by atoms with van der Waals surface area (Å²) in [5, 5.41) is 23.3. The van der Waals surface area contributed by atoms with Crippen LogP contribution in [0, 0.1) is 5.41 Å². The molecule has 3 rings (SSSR count). The third-order valence-corrected chi connectivity index (χ3v) is 5.74. The minimum atomic E-state index is -1.56. The molecule has 33 heavy (non-hydrogen) atoms. The molecule has 1 unspecified atom stereocenters. The van der Waals surface area contributed by atoms with Crippen LogP contribution in [-0.4, -0.2) is 53.5 Å². The number of benzene rings is 2. The standard InChI is InChI=1S/C25H30N2O6/c1-25(2,3)21(22(29)26-13-12-20(28)23(30)31)27-24(32)33-14-19-17-10-6-4-8-15(17)16-9-5-7-11-18(16)19/h4-11,19-21,28H,12-14H2,1-3H3,(H,26,29)(H,27,32)(H,30,31)/t20?,21-/m0/s1. The highest BCUT2D eigenvalue weighted by Crippen LogP contribution is 2.44. The number of rotatable bonds is 8. The van der Waals surface area contributed by atoms with Crippen LogP contribution in [0.25, 0.3) is 11.1 Å². The van der Waals surface area contributed by atoms with Gasteiger partial charge in [0, 0.05) is 18.9 Å². The van der Waals surface area contributed by atoms with Crippen LogP contribution in [0.1, 0.15) is 44.2 Å². The van der Waals surface area contributed by atoms with Gasteiger partial charge < -0.3 is 25.6 Å². The van der Waals surface area contributed by atoms with E-state index in [1.54, 1.807) is 20.8 Å². The highest BCUT2D eigenvalue weighted by atomic mass is 16.5. The highest BCUT2D eigenvalue weighted by Gasteiger charge is 2.34. The number of aliphatic hydroxyl groups excluding tert-OH is 1. The van der Waals surface area contributed by atoms with Crippen molar-refractivity contribution in [2.75, 3.05) is 13.2 Å². The number of ether oxygens (including phenoxy) is 1. The van der Waals surface area contributed by atoms with Gasteiger partial charge in [-0.25, -0.2) is 9.59 Å². The van der Waals surface area contributed by atoms with Gasteiger partial charge in [-0.1, -0.05) is 69.3 Å². The molecule has 0 fully saturated rings. The molecule has 0 saturated carbocycles. The molecule has 1 aliphatic rings. The number of aliphatic hydroxyl groups is 1. The molecule has 2 aromatic carbocycles. The number of alkyl carbamates (subject to hydrolysis) is 1. The van der Waals surface area contributed by atoms with E-state index in [1.807, 2.05) is 36.4 Å².